The summed E-state index contributed by atoms with van der Waals surface area (Å²) in [5.41, 5.74) is 1.38. The summed E-state index contributed by atoms with van der Waals surface area (Å²) in [5, 5.41) is 12.1. The van der Waals surface area contributed by atoms with Crippen LogP contribution in [-0.4, -0.2) is 18.7 Å². The Hall–Kier alpha value is -3.79. The monoisotopic (exact) mass is 390 g/mol. The van der Waals surface area contributed by atoms with Gasteiger partial charge in [0.1, 0.15) is 17.4 Å². The lowest BCUT2D eigenvalue weighted by Gasteiger charge is -2.06. The molecular weight excluding hydrogens is 372 g/mol. The van der Waals surface area contributed by atoms with E-state index in [9.17, 15) is 14.9 Å². The zero-order valence-electron chi connectivity index (χ0n) is 15.5. The van der Waals surface area contributed by atoms with Gasteiger partial charge in [0.15, 0.2) is 11.5 Å². The highest BCUT2D eigenvalue weighted by Crippen LogP contribution is 2.32. The molecule has 0 unspecified atom stereocenters. The van der Waals surface area contributed by atoms with Crippen molar-refractivity contribution in [2.45, 2.75) is 19.4 Å². The number of nitrogens with zero attached hydrogens (tertiary/aromatic N) is 1. The van der Waals surface area contributed by atoms with Crippen molar-refractivity contribution in [2.24, 2.45) is 5.92 Å². The van der Waals surface area contributed by atoms with Gasteiger partial charge in [-0.25, -0.2) is 0 Å². The van der Waals surface area contributed by atoms with Gasteiger partial charge >= 0.3 is 5.97 Å². The number of nitriles is 1. The fourth-order valence-corrected chi connectivity index (χ4v) is 2.83. The van der Waals surface area contributed by atoms with E-state index in [4.69, 9.17) is 14.2 Å². The fourth-order valence-electron chi connectivity index (χ4n) is 2.83. The average molecular weight is 390 g/mol. The molecule has 1 heterocycles. The molecule has 0 atom stereocenters. The highest BCUT2D eigenvalue weighted by atomic mass is 16.7. The van der Waals surface area contributed by atoms with Crippen molar-refractivity contribution in [1.82, 2.24) is 5.32 Å². The van der Waals surface area contributed by atoms with Crippen LogP contribution in [0.15, 0.2) is 48.0 Å². The molecule has 2 aromatic carbocycles. The Bertz CT molecular complexity index is 1030. The quantitative estimate of drug-likeness (QED) is 0.352. The molecule has 0 saturated heterocycles. The molecule has 29 heavy (non-hydrogen) atoms. The Labute approximate surface area is 167 Å². The summed E-state index contributed by atoms with van der Waals surface area (Å²) < 4.78 is 15.9. The summed E-state index contributed by atoms with van der Waals surface area (Å²) in [5.74, 6) is 0.948. The van der Waals surface area contributed by atoms with Crippen LogP contribution >= 0.6 is 0 Å². The number of hydrogen-bond donors (Lipinski definition) is 1. The number of ether oxygens (including phenoxy) is 3. The zero-order valence-corrected chi connectivity index (χ0v) is 15.5. The largest absolute Gasteiger partial charge is 0.454 e. The summed E-state index contributed by atoms with van der Waals surface area (Å²) in [6.45, 7) is 0.426. The molecular formula is C22H18N2O5. The molecule has 4 rings (SSSR count). The third kappa shape index (κ3) is 4.55. The maximum atomic E-state index is 12.4. The smallest absolute Gasteiger partial charge is 0.314 e. The number of benzene rings is 2. The van der Waals surface area contributed by atoms with Gasteiger partial charge in [0.25, 0.3) is 5.91 Å². The van der Waals surface area contributed by atoms with Crippen molar-refractivity contribution in [2.75, 3.05) is 6.79 Å². The van der Waals surface area contributed by atoms with Gasteiger partial charge in [-0.1, -0.05) is 18.2 Å². The number of esters is 1. The lowest BCUT2D eigenvalue weighted by Crippen LogP contribution is -2.23. The first kappa shape index (κ1) is 18.6. The Morgan fingerprint density at radius 1 is 1.17 bits per heavy atom. The topological polar surface area (TPSA) is 97.7 Å². The zero-order chi connectivity index (χ0) is 20.2. The predicted molar refractivity (Wildman–Crippen MR) is 103 cm³/mol. The van der Waals surface area contributed by atoms with Crippen molar-refractivity contribution in [3.05, 3.63) is 59.2 Å². The van der Waals surface area contributed by atoms with Crippen LogP contribution in [0, 0.1) is 17.2 Å². The van der Waals surface area contributed by atoms with E-state index in [1.807, 2.05) is 12.1 Å². The maximum absolute atomic E-state index is 12.4. The molecule has 1 amide bonds. The second kappa shape index (κ2) is 8.07. The van der Waals surface area contributed by atoms with E-state index in [0.29, 0.717) is 22.8 Å². The molecule has 0 spiro atoms. The van der Waals surface area contributed by atoms with E-state index in [1.54, 1.807) is 36.4 Å². The summed E-state index contributed by atoms with van der Waals surface area (Å²) in [7, 11) is 0. The third-order valence-corrected chi connectivity index (χ3v) is 4.55. The number of amides is 1. The first-order valence-electron chi connectivity index (χ1n) is 9.22. The second-order valence-electron chi connectivity index (χ2n) is 6.81. The van der Waals surface area contributed by atoms with E-state index in [0.717, 1.165) is 18.4 Å². The van der Waals surface area contributed by atoms with Crippen LogP contribution in [-0.2, 0) is 16.1 Å². The number of fused-ring (bicyclic) bond motifs is 1. The molecule has 1 N–H and O–H groups in total. The lowest BCUT2D eigenvalue weighted by molar-refractivity contribution is -0.135. The minimum atomic E-state index is -0.495. The molecule has 7 nitrogen and oxygen atoms in total. The molecule has 1 saturated carbocycles. The molecule has 2 aromatic rings. The predicted octanol–water partition coefficient (Wildman–Crippen LogP) is 2.95. The number of carbonyl (C=O) groups is 2. The third-order valence-electron chi connectivity index (χ3n) is 4.55. The Kier molecular flexibility index (Phi) is 5.16. The molecule has 1 aliphatic carbocycles. The normalized spacial score (nSPS) is 14.8. The summed E-state index contributed by atoms with van der Waals surface area (Å²) >= 11 is 0. The Morgan fingerprint density at radius 2 is 2.00 bits per heavy atom. The van der Waals surface area contributed by atoms with Gasteiger partial charge < -0.3 is 19.5 Å². The van der Waals surface area contributed by atoms with Crippen LogP contribution < -0.4 is 19.5 Å². The van der Waals surface area contributed by atoms with Crippen molar-refractivity contribution in [1.29, 1.82) is 5.26 Å². The molecule has 0 aromatic heterocycles. The van der Waals surface area contributed by atoms with Gasteiger partial charge in [0, 0.05) is 6.54 Å². The highest BCUT2D eigenvalue weighted by Gasteiger charge is 2.31. The Balaban J connectivity index is 1.41. The summed E-state index contributed by atoms with van der Waals surface area (Å²) in [6.07, 6.45) is 3.19. The lowest BCUT2D eigenvalue weighted by atomic mass is 10.1. The number of carbonyl (C=O) groups excluding carboxylic acids is 2. The molecule has 7 heteroatoms. The van der Waals surface area contributed by atoms with E-state index < -0.39 is 5.91 Å². The van der Waals surface area contributed by atoms with E-state index >= 15 is 0 Å². The van der Waals surface area contributed by atoms with E-state index in [-0.39, 0.29) is 30.8 Å². The van der Waals surface area contributed by atoms with E-state index in [2.05, 4.69) is 5.32 Å². The van der Waals surface area contributed by atoms with E-state index in [1.165, 1.54) is 6.08 Å². The van der Waals surface area contributed by atoms with Gasteiger partial charge in [0.2, 0.25) is 6.79 Å². The number of rotatable bonds is 6. The second-order valence-corrected chi connectivity index (χ2v) is 6.81. The van der Waals surface area contributed by atoms with Gasteiger partial charge in [0.05, 0.1) is 5.92 Å². The van der Waals surface area contributed by atoms with Gasteiger partial charge in [-0.3, -0.25) is 9.59 Å². The molecule has 146 valence electrons. The standard InChI is InChI=1S/C22H18N2O5/c23-11-17(8-14-2-1-3-18(9-14)29-22(26)16-5-6-16)21(25)24-12-15-4-7-19-20(10-15)28-13-27-19/h1-4,7-10,16H,5-6,12-13H2,(H,24,25)/b17-8+. The van der Waals surface area contributed by atoms with Crippen molar-refractivity contribution in [3.63, 3.8) is 0 Å². The minimum absolute atomic E-state index is 0.00850. The fraction of sp³-hybridized carbons (Fsp3) is 0.227. The van der Waals surface area contributed by atoms with Crippen molar-refractivity contribution in [3.8, 4) is 23.3 Å². The molecule has 0 radical (unpaired) electrons. The van der Waals surface area contributed by atoms with Gasteiger partial charge in [-0.15, -0.1) is 0 Å². The van der Waals surface area contributed by atoms with Crippen molar-refractivity contribution < 1.29 is 23.8 Å². The molecule has 2 aliphatic rings. The molecule has 0 bridgehead atoms. The summed E-state index contributed by atoms with van der Waals surface area (Å²) in [4.78, 5) is 24.2. The van der Waals surface area contributed by atoms with Crippen LogP contribution in [0.3, 0.4) is 0 Å². The van der Waals surface area contributed by atoms with Crippen LogP contribution in [0.1, 0.15) is 24.0 Å². The van der Waals surface area contributed by atoms with Crippen LogP contribution in [0.2, 0.25) is 0 Å². The molecule has 1 fully saturated rings. The SMILES string of the molecule is N#C/C(=C\c1cccc(OC(=O)C2CC2)c1)C(=O)NCc1ccc2c(c1)OCO2. The highest BCUT2D eigenvalue weighted by molar-refractivity contribution is 6.01. The number of hydrogen-bond acceptors (Lipinski definition) is 6. The first-order chi connectivity index (χ1) is 14.1. The summed E-state index contributed by atoms with van der Waals surface area (Å²) in [6, 6.07) is 14.0. The Morgan fingerprint density at radius 3 is 2.79 bits per heavy atom. The van der Waals surface area contributed by atoms with Crippen LogP contribution in [0.25, 0.3) is 6.08 Å². The van der Waals surface area contributed by atoms with Crippen molar-refractivity contribution >= 4 is 18.0 Å². The average Bonchev–Trinajstić information content (AvgIpc) is 3.48. The van der Waals surface area contributed by atoms with Gasteiger partial charge in [-0.2, -0.15) is 5.26 Å². The maximum Gasteiger partial charge on any atom is 0.314 e. The van der Waals surface area contributed by atoms with Crippen LogP contribution in [0.4, 0.5) is 0 Å². The number of nitrogens with one attached hydrogen (secondary N) is 1. The molecule has 1 aliphatic heterocycles. The van der Waals surface area contributed by atoms with Gasteiger partial charge in [-0.05, 0) is 54.3 Å². The first-order valence-corrected chi connectivity index (χ1v) is 9.22. The van der Waals surface area contributed by atoms with Crippen LogP contribution in [0.5, 0.6) is 17.2 Å². The minimum Gasteiger partial charge on any atom is -0.454 e.